The van der Waals surface area contributed by atoms with E-state index in [2.05, 4.69) is 9.88 Å². The van der Waals surface area contributed by atoms with Crippen LogP contribution in [0.1, 0.15) is 19.4 Å². The Balaban J connectivity index is 1.72. The average molecular weight is 328 g/mol. The first kappa shape index (κ1) is 16.5. The van der Waals surface area contributed by atoms with Gasteiger partial charge in [-0.3, -0.25) is 14.5 Å². The summed E-state index contributed by atoms with van der Waals surface area (Å²) in [5.74, 6) is -0.331. The first-order chi connectivity index (χ1) is 11.5. The topological polar surface area (TPSA) is 82.4 Å². The van der Waals surface area contributed by atoms with E-state index in [1.165, 1.54) is 0 Å². The van der Waals surface area contributed by atoms with Crippen molar-refractivity contribution in [2.75, 3.05) is 19.6 Å². The maximum absolute atomic E-state index is 12.7. The summed E-state index contributed by atoms with van der Waals surface area (Å²) in [7, 11) is 0. The monoisotopic (exact) mass is 328 g/mol. The SMILES string of the molecule is CC(C)N1CCN(C(=O)Cc2c[nH]c3ccccc23)C[C@@H]1C(N)=O. The number of hydrogen-bond acceptors (Lipinski definition) is 3. The normalized spacial score (nSPS) is 19.1. The van der Waals surface area contributed by atoms with Gasteiger partial charge < -0.3 is 15.6 Å². The molecule has 1 atom stereocenters. The number of carbonyl (C=O) groups excluding carboxylic acids is 2. The average Bonchev–Trinajstić information content (AvgIpc) is 2.97. The second-order valence-corrected chi connectivity index (χ2v) is 6.63. The van der Waals surface area contributed by atoms with E-state index in [1.807, 2.05) is 44.3 Å². The summed E-state index contributed by atoms with van der Waals surface area (Å²) >= 11 is 0. The molecule has 2 heterocycles. The first-order valence-electron chi connectivity index (χ1n) is 8.35. The van der Waals surface area contributed by atoms with E-state index >= 15 is 0 Å². The van der Waals surface area contributed by atoms with Crippen molar-refractivity contribution in [1.29, 1.82) is 0 Å². The molecule has 1 aromatic carbocycles. The van der Waals surface area contributed by atoms with Crippen LogP contribution in [0.15, 0.2) is 30.5 Å². The molecule has 0 bridgehead atoms. The third-order valence-electron chi connectivity index (χ3n) is 4.78. The highest BCUT2D eigenvalue weighted by Gasteiger charge is 2.34. The Hall–Kier alpha value is -2.34. The van der Waals surface area contributed by atoms with Gasteiger partial charge >= 0.3 is 0 Å². The number of benzene rings is 1. The van der Waals surface area contributed by atoms with Gasteiger partial charge in [0, 0.05) is 42.8 Å². The van der Waals surface area contributed by atoms with Gasteiger partial charge in [-0.05, 0) is 25.5 Å². The molecule has 3 N–H and O–H groups in total. The van der Waals surface area contributed by atoms with Gasteiger partial charge in [0.15, 0.2) is 0 Å². The molecule has 1 fully saturated rings. The Morgan fingerprint density at radius 2 is 2.04 bits per heavy atom. The van der Waals surface area contributed by atoms with Crippen molar-refractivity contribution in [3.05, 3.63) is 36.0 Å². The molecule has 6 nitrogen and oxygen atoms in total. The summed E-state index contributed by atoms with van der Waals surface area (Å²) < 4.78 is 0. The van der Waals surface area contributed by atoms with Crippen LogP contribution in [0.25, 0.3) is 10.9 Å². The zero-order valence-electron chi connectivity index (χ0n) is 14.2. The van der Waals surface area contributed by atoms with Crippen molar-refractivity contribution in [1.82, 2.24) is 14.8 Å². The highest BCUT2D eigenvalue weighted by Crippen LogP contribution is 2.20. The van der Waals surface area contributed by atoms with E-state index in [9.17, 15) is 9.59 Å². The second kappa shape index (κ2) is 6.65. The van der Waals surface area contributed by atoms with Gasteiger partial charge in [0.25, 0.3) is 0 Å². The van der Waals surface area contributed by atoms with E-state index in [4.69, 9.17) is 5.73 Å². The van der Waals surface area contributed by atoms with E-state index < -0.39 is 6.04 Å². The Bertz CT molecular complexity index is 752. The lowest BCUT2D eigenvalue weighted by Crippen LogP contribution is -2.61. The van der Waals surface area contributed by atoms with Crippen LogP contribution in [0, 0.1) is 0 Å². The molecule has 1 aliphatic heterocycles. The number of H-pyrrole nitrogens is 1. The largest absolute Gasteiger partial charge is 0.368 e. The Labute approximate surface area is 141 Å². The molecule has 128 valence electrons. The number of carbonyl (C=O) groups is 2. The highest BCUT2D eigenvalue weighted by atomic mass is 16.2. The van der Waals surface area contributed by atoms with Crippen molar-refractivity contribution in [2.45, 2.75) is 32.4 Å². The maximum atomic E-state index is 12.7. The van der Waals surface area contributed by atoms with E-state index in [-0.39, 0.29) is 17.9 Å². The lowest BCUT2D eigenvalue weighted by molar-refractivity contribution is -0.137. The highest BCUT2D eigenvalue weighted by molar-refractivity contribution is 5.89. The Morgan fingerprint density at radius 3 is 2.75 bits per heavy atom. The molecule has 2 amide bonds. The first-order valence-corrected chi connectivity index (χ1v) is 8.35. The van der Waals surface area contributed by atoms with Gasteiger partial charge in [0.05, 0.1) is 6.42 Å². The van der Waals surface area contributed by atoms with Crippen molar-refractivity contribution in [3.8, 4) is 0 Å². The molecule has 3 rings (SSSR count). The Morgan fingerprint density at radius 1 is 1.29 bits per heavy atom. The summed E-state index contributed by atoms with van der Waals surface area (Å²) in [4.78, 5) is 31.5. The molecule has 0 radical (unpaired) electrons. The third-order valence-corrected chi connectivity index (χ3v) is 4.78. The minimum absolute atomic E-state index is 0.0365. The fourth-order valence-electron chi connectivity index (χ4n) is 3.45. The van der Waals surface area contributed by atoms with Crippen LogP contribution in [-0.4, -0.2) is 58.3 Å². The van der Waals surface area contributed by atoms with Crippen molar-refractivity contribution >= 4 is 22.7 Å². The number of nitrogens with two attached hydrogens (primary N) is 1. The number of fused-ring (bicyclic) bond motifs is 1. The van der Waals surface area contributed by atoms with Gasteiger partial charge in [-0.1, -0.05) is 18.2 Å². The van der Waals surface area contributed by atoms with Gasteiger partial charge in [-0.15, -0.1) is 0 Å². The van der Waals surface area contributed by atoms with Gasteiger partial charge in [0.2, 0.25) is 11.8 Å². The molecule has 0 spiro atoms. The maximum Gasteiger partial charge on any atom is 0.236 e. The number of nitrogens with one attached hydrogen (secondary N) is 1. The number of aromatic nitrogens is 1. The van der Waals surface area contributed by atoms with Crippen LogP contribution in [0.5, 0.6) is 0 Å². The zero-order valence-corrected chi connectivity index (χ0v) is 14.2. The van der Waals surface area contributed by atoms with Crippen molar-refractivity contribution in [3.63, 3.8) is 0 Å². The molecule has 1 aromatic heterocycles. The number of piperazine rings is 1. The molecular formula is C18H24N4O2. The van der Waals surface area contributed by atoms with Crippen LogP contribution in [0.4, 0.5) is 0 Å². The van der Waals surface area contributed by atoms with Crippen LogP contribution < -0.4 is 5.73 Å². The minimum atomic E-state index is -0.411. The third kappa shape index (κ3) is 3.14. The molecule has 0 aliphatic carbocycles. The summed E-state index contributed by atoms with van der Waals surface area (Å²) in [5.41, 5.74) is 7.56. The predicted octanol–water partition coefficient (Wildman–Crippen LogP) is 1.12. The molecule has 24 heavy (non-hydrogen) atoms. The van der Waals surface area contributed by atoms with E-state index in [0.717, 1.165) is 16.5 Å². The zero-order chi connectivity index (χ0) is 17.3. The van der Waals surface area contributed by atoms with E-state index in [1.54, 1.807) is 4.90 Å². The number of para-hydroxylation sites is 1. The fourth-order valence-corrected chi connectivity index (χ4v) is 3.45. The van der Waals surface area contributed by atoms with Gasteiger partial charge in [0.1, 0.15) is 6.04 Å². The quantitative estimate of drug-likeness (QED) is 0.882. The Kier molecular flexibility index (Phi) is 4.57. The smallest absolute Gasteiger partial charge is 0.236 e. The molecular weight excluding hydrogens is 304 g/mol. The lowest BCUT2D eigenvalue weighted by atomic mass is 10.1. The standard InChI is InChI=1S/C18H24N4O2/c1-12(2)22-8-7-21(11-16(22)18(19)24)17(23)9-13-10-20-15-6-4-3-5-14(13)15/h3-6,10,12,16,20H,7-9,11H2,1-2H3,(H2,19,24)/t16-/m1/s1. The molecule has 0 unspecified atom stereocenters. The van der Waals surface area contributed by atoms with Crippen LogP contribution >= 0.6 is 0 Å². The number of hydrogen-bond donors (Lipinski definition) is 2. The predicted molar refractivity (Wildman–Crippen MR) is 93.4 cm³/mol. The number of rotatable bonds is 4. The molecule has 1 saturated heterocycles. The molecule has 2 aromatic rings. The van der Waals surface area contributed by atoms with Crippen molar-refractivity contribution < 1.29 is 9.59 Å². The molecule has 0 saturated carbocycles. The lowest BCUT2D eigenvalue weighted by Gasteiger charge is -2.42. The number of aromatic amines is 1. The molecule has 1 aliphatic rings. The number of nitrogens with zero attached hydrogens (tertiary/aromatic N) is 2. The summed E-state index contributed by atoms with van der Waals surface area (Å²) in [6.45, 7) is 5.75. The van der Waals surface area contributed by atoms with Crippen LogP contribution in [-0.2, 0) is 16.0 Å². The van der Waals surface area contributed by atoms with Gasteiger partial charge in [-0.25, -0.2) is 0 Å². The number of amides is 2. The number of primary amides is 1. The second-order valence-electron chi connectivity index (χ2n) is 6.63. The summed E-state index contributed by atoms with van der Waals surface area (Å²) in [5, 5.41) is 1.07. The van der Waals surface area contributed by atoms with Crippen LogP contribution in [0.3, 0.4) is 0 Å². The van der Waals surface area contributed by atoms with Crippen molar-refractivity contribution in [2.24, 2.45) is 5.73 Å². The molecule has 6 heteroatoms. The van der Waals surface area contributed by atoms with E-state index in [0.29, 0.717) is 26.1 Å². The minimum Gasteiger partial charge on any atom is -0.368 e. The fraction of sp³-hybridized carbons (Fsp3) is 0.444. The summed E-state index contributed by atoms with van der Waals surface area (Å²) in [6.07, 6.45) is 2.22. The van der Waals surface area contributed by atoms with Crippen LogP contribution in [0.2, 0.25) is 0 Å². The van der Waals surface area contributed by atoms with Gasteiger partial charge in [-0.2, -0.15) is 0 Å². The summed E-state index contributed by atoms with van der Waals surface area (Å²) in [6, 6.07) is 7.76.